The lowest BCUT2D eigenvalue weighted by molar-refractivity contribution is -0.125. The van der Waals surface area contributed by atoms with E-state index in [4.69, 9.17) is 9.47 Å². The Labute approximate surface area is 273 Å². The van der Waals surface area contributed by atoms with Crippen molar-refractivity contribution in [2.45, 2.75) is 44.2 Å². The topological polar surface area (TPSA) is 91.9 Å². The predicted octanol–water partition coefficient (Wildman–Crippen LogP) is 4.22. The molecule has 0 saturated heterocycles. The fourth-order valence-electron chi connectivity index (χ4n) is 4.15. The second-order valence-corrected chi connectivity index (χ2v) is 12.9. The molecule has 39 heavy (non-hydrogen) atoms. The first-order chi connectivity index (χ1) is 18.6. The van der Waals surface area contributed by atoms with E-state index in [9.17, 15) is 9.59 Å². The van der Waals surface area contributed by atoms with Crippen LogP contribution in [0, 0.1) is 10.7 Å². The van der Waals surface area contributed by atoms with Crippen LogP contribution in [0.3, 0.4) is 0 Å². The molecule has 0 aliphatic heterocycles. The molecule has 2 aromatic rings. The minimum Gasteiger partial charge on any atom is -0.496 e. The van der Waals surface area contributed by atoms with Gasteiger partial charge in [0, 0.05) is 13.1 Å². The Kier molecular flexibility index (Phi) is 15.7. The van der Waals surface area contributed by atoms with Crippen molar-refractivity contribution >= 4 is 79.6 Å². The molecule has 8 nitrogen and oxygen atoms in total. The summed E-state index contributed by atoms with van der Waals surface area (Å²) in [5.74, 6) is 1.73. The average molecular weight is 876 g/mol. The molecule has 216 valence electrons. The molecule has 2 rings (SSSR count). The third kappa shape index (κ3) is 11.1. The van der Waals surface area contributed by atoms with Crippen molar-refractivity contribution in [1.29, 1.82) is 0 Å². The predicted molar refractivity (Wildman–Crippen MR) is 182 cm³/mol. The Balaban J connectivity index is 1.72. The number of likely N-dealkylation sites (N-methyl/N-ethyl adjacent to an activating group) is 2. The normalized spacial score (nSPS) is 12.6. The molecule has 2 aromatic carbocycles. The van der Waals surface area contributed by atoms with Crippen molar-refractivity contribution in [3.05, 3.63) is 52.2 Å². The quantitative estimate of drug-likeness (QED) is 0.173. The zero-order valence-corrected chi connectivity index (χ0v) is 29.7. The van der Waals surface area contributed by atoms with E-state index in [0.29, 0.717) is 25.9 Å². The maximum absolute atomic E-state index is 12.9. The van der Waals surface area contributed by atoms with Crippen LogP contribution in [0.25, 0.3) is 0 Å². The van der Waals surface area contributed by atoms with Gasteiger partial charge in [0.25, 0.3) is 0 Å². The van der Waals surface area contributed by atoms with E-state index in [1.54, 1.807) is 21.3 Å². The van der Waals surface area contributed by atoms with Crippen LogP contribution in [0.5, 0.6) is 11.5 Å². The first-order valence-corrected chi connectivity index (χ1v) is 16.1. The van der Waals surface area contributed by atoms with E-state index >= 15 is 0 Å². The van der Waals surface area contributed by atoms with Gasteiger partial charge in [0.05, 0.1) is 37.0 Å². The number of nitrogens with one attached hydrogen (secondary N) is 3. The summed E-state index contributed by atoms with van der Waals surface area (Å²) in [5.41, 5.74) is 2.19. The van der Waals surface area contributed by atoms with Gasteiger partial charge in [0.15, 0.2) is 0 Å². The molecule has 2 unspecified atom stereocenters. The van der Waals surface area contributed by atoms with Gasteiger partial charge in [-0.1, -0.05) is 6.07 Å². The second kappa shape index (κ2) is 17.8. The molecule has 2 atom stereocenters. The Morgan fingerprint density at radius 3 is 1.92 bits per heavy atom. The van der Waals surface area contributed by atoms with Gasteiger partial charge in [0.1, 0.15) is 11.5 Å². The summed E-state index contributed by atoms with van der Waals surface area (Å²) in [6, 6.07) is 9.58. The van der Waals surface area contributed by atoms with Crippen molar-refractivity contribution < 1.29 is 19.1 Å². The van der Waals surface area contributed by atoms with Gasteiger partial charge in [-0.05, 0) is 156 Å². The third-order valence-corrected chi connectivity index (χ3v) is 8.84. The Morgan fingerprint density at radius 1 is 0.821 bits per heavy atom. The van der Waals surface area contributed by atoms with Crippen molar-refractivity contribution in [3.8, 4) is 11.5 Å². The number of benzene rings is 2. The van der Waals surface area contributed by atoms with E-state index < -0.39 is 0 Å². The summed E-state index contributed by atoms with van der Waals surface area (Å²) in [4.78, 5) is 27.5. The summed E-state index contributed by atoms with van der Waals surface area (Å²) in [6.45, 7) is 1.23. The minimum atomic E-state index is -0.297. The van der Waals surface area contributed by atoms with Gasteiger partial charge in [0.2, 0.25) is 11.8 Å². The molecule has 11 heteroatoms. The number of nitrogens with zero attached hydrogens (tertiary/aromatic N) is 1. The summed E-state index contributed by atoms with van der Waals surface area (Å²) in [7, 11) is 8.99. The van der Waals surface area contributed by atoms with Crippen LogP contribution in [0.4, 0.5) is 0 Å². The van der Waals surface area contributed by atoms with Crippen LogP contribution >= 0.6 is 67.8 Å². The first kappa shape index (κ1) is 34.3. The lowest BCUT2D eigenvalue weighted by Crippen LogP contribution is -2.45. The number of carbonyl (C=O) groups excluding carboxylic acids is 2. The molecule has 0 aliphatic rings. The largest absolute Gasteiger partial charge is 0.496 e. The van der Waals surface area contributed by atoms with Crippen LogP contribution in [0.1, 0.15) is 30.4 Å². The van der Waals surface area contributed by atoms with Crippen LogP contribution in [0.2, 0.25) is 0 Å². The Morgan fingerprint density at radius 2 is 1.41 bits per heavy atom. The van der Waals surface area contributed by atoms with Gasteiger partial charge in [-0.3, -0.25) is 14.5 Å². The van der Waals surface area contributed by atoms with Gasteiger partial charge < -0.3 is 25.4 Å². The molecule has 0 saturated carbocycles. The van der Waals surface area contributed by atoms with E-state index in [1.165, 1.54) is 0 Å². The Hall–Kier alpha value is -0.910. The highest BCUT2D eigenvalue weighted by atomic mass is 127. The molecular formula is C28H39I3N4O4. The monoisotopic (exact) mass is 876 g/mol. The number of amides is 2. The molecule has 0 aliphatic carbocycles. The van der Waals surface area contributed by atoms with E-state index in [2.05, 4.69) is 95.9 Å². The van der Waals surface area contributed by atoms with Crippen molar-refractivity contribution in [2.75, 3.05) is 48.5 Å². The highest BCUT2D eigenvalue weighted by molar-refractivity contribution is 14.1. The number of unbranched alkanes of at least 4 members (excludes halogenated alkanes) is 2. The molecule has 0 spiro atoms. The van der Waals surface area contributed by atoms with Gasteiger partial charge in [-0.15, -0.1) is 0 Å². The second-order valence-electron chi connectivity index (χ2n) is 9.43. The lowest BCUT2D eigenvalue weighted by atomic mass is 10.0. The van der Waals surface area contributed by atoms with Crippen LogP contribution in [0.15, 0.2) is 30.3 Å². The van der Waals surface area contributed by atoms with Gasteiger partial charge in [-0.2, -0.15) is 0 Å². The van der Waals surface area contributed by atoms with E-state index in [-0.39, 0.29) is 23.9 Å². The number of halogens is 3. The van der Waals surface area contributed by atoms with Crippen LogP contribution < -0.4 is 25.4 Å². The lowest BCUT2D eigenvalue weighted by Gasteiger charge is -2.24. The fourth-order valence-corrected chi connectivity index (χ4v) is 7.29. The SMILES string of the molecule is CNC(Cc1ccc(OC)c(I)c1)C(=O)NCCCCCNC(=O)C(Cc1cc(I)c(OC)c(I)c1)N(C)C. The molecule has 0 aromatic heterocycles. The van der Waals surface area contributed by atoms with Crippen LogP contribution in [-0.2, 0) is 22.4 Å². The highest BCUT2D eigenvalue weighted by Gasteiger charge is 2.22. The van der Waals surface area contributed by atoms with Gasteiger partial charge >= 0.3 is 0 Å². The summed E-state index contributed by atoms with van der Waals surface area (Å²) in [6.07, 6.45) is 3.88. The highest BCUT2D eigenvalue weighted by Crippen LogP contribution is 2.29. The summed E-state index contributed by atoms with van der Waals surface area (Å²) >= 11 is 6.78. The van der Waals surface area contributed by atoms with Crippen molar-refractivity contribution in [3.63, 3.8) is 0 Å². The smallest absolute Gasteiger partial charge is 0.237 e. The summed E-state index contributed by atoms with van der Waals surface area (Å²) in [5, 5.41) is 9.24. The molecule has 0 fully saturated rings. The van der Waals surface area contributed by atoms with Crippen LogP contribution in [-0.4, -0.2) is 77.3 Å². The number of methoxy groups -OCH3 is 2. The molecule has 2 amide bonds. The average Bonchev–Trinajstić information content (AvgIpc) is 2.89. The molecule has 0 bridgehead atoms. The number of rotatable bonds is 16. The number of hydrogen-bond acceptors (Lipinski definition) is 6. The maximum atomic E-state index is 12.9. The zero-order chi connectivity index (χ0) is 28.9. The first-order valence-electron chi connectivity index (χ1n) is 12.8. The van der Waals surface area contributed by atoms with Crippen molar-refractivity contribution in [1.82, 2.24) is 20.9 Å². The zero-order valence-electron chi connectivity index (χ0n) is 23.2. The maximum Gasteiger partial charge on any atom is 0.237 e. The number of ether oxygens (including phenoxy) is 2. The molecule has 0 heterocycles. The van der Waals surface area contributed by atoms with Crippen molar-refractivity contribution in [2.24, 2.45) is 0 Å². The number of carbonyl (C=O) groups is 2. The number of hydrogen-bond donors (Lipinski definition) is 3. The molecule has 0 radical (unpaired) electrons. The minimum absolute atomic E-state index is 0.00620. The van der Waals surface area contributed by atoms with E-state index in [1.807, 2.05) is 37.2 Å². The molecule has 3 N–H and O–H groups in total. The van der Waals surface area contributed by atoms with Gasteiger partial charge in [-0.25, -0.2) is 0 Å². The van der Waals surface area contributed by atoms with E-state index in [0.717, 1.165) is 52.6 Å². The summed E-state index contributed by atoms with van der Waals surface area (Å²) < 4.78 is 13.9. The standard InChI is InChI=1S/C28H39I3N4O4/c1-32-23(16-18-9-10-25(38-4)20(29)13-18)27(36)33-11-7-6-8-12-34-28(37)24(35(2)3)17-19-14-21(30)26(39-5)22(31)15-19/h9-10,13-15,23-24,32H,6-8,11-12,16-17H2,1-5H3,(H,33,36)(H,34,37). The molecular weight excluding hydrogens is 837 g/mol. The Bertz CT molecular complexity index is 1080. The fraction of sp³-hybridized carbons (Fsp3) is 0.500. The third-order valence-electron chi connectivity index (χ3n) is 6.39.